The van der Waals surface area contributed by atoms with Crippen molar-refractivity contribution in [2.24, 2.45) is 0 Å². The summed E-state index contributed by atoms with van der Waals surface area (Å²) in [4.78, 5) is 6.15. The first kappa shape index (κ1) is 16.3. The van der Waals surface area contributed by atoms with Gasteiger partial charge < -0.3 is 25.0 Å². The van der Waals surface area contributed by atoms with E-state index in [1.807, 2.05) is 0 Å². The number of fused-ring (bicyclic) bond motifs is 1. The minimum absolute atomic E-state index is 0.0340. The van der Waals surface area contributed by atoms with E-state index in [9.17, 15) is 19.0 Å². The molecule has 0 aromatic carbocycles. The number of aromatic amines is 1. The number of aryl methyl sites for hydroxylation is 1. The summed E-state index contributed by atoms with van der Waals surface area (Å²) < 4.78 is 32.6. The van der Waals surface area contributed by atoms with Gasteiger partial charge in [0.15, 0.2) is 5.82 Å². The fraction of sp³-hybridized carbons (Fsp3) is 0.429. The summed E-state index contributed by atoms with van der Waals surface area (Å²) in [6.07, 6.45) is -4.54. The largest absolute Gasteiger partial charge is 0.394 e. The highest BCUT2D eigenvalue weighted by Crippen LogP contribution is 2.35. The maximum absolute atomic E-state index is 13.7. The molecular weight excluding hydrogens is 330 g/mol. The summed E-state index contributed by atoms with van der Waals surface area (Å²) in [6.45, 7) is 0.916. The van der Waals surface area contributed by atoms with Crippen molar-refractivity contribution < 1.29 is 28.8 Å². The number of aliphatic hydroxyl groups is 3. The number of H-pyrrole nitrogens is 1. The number of ether oxygens (including phenoxy) is 1. The van der Waals surface area contributed by atoms with E-state index in [1.54, 1.807) is 0 Å². The van der Waals surface area contributed by atoms with Crippen molar-refractivity contribution in [3.05, 3.63) is 33.6 Å². The zero-order chi connectivity index (χ0) is 16.9. The summed E-state index contributed by atoms with van der Waals surface area (Å²) in [6, 6.07) is 1.44. The van der Waals surface area contributed by atoms with Crippen molar-refractivity contribution in [2.75, 3.05) is 6.61 Å². The second-order valence-corrected chi connectivity index (χ2v) is 5.82. The Morgan fingerprint density at radius 1 is 1.35 bits per heavy atom. The van der Waals surface area contributed by atoms with Gasteiger partial charge in [0.25, 0.3) is 5.95 Å². The van der Waals surface area contributed by atoms with E-state index in [-0.39, 0.29) is 21.2 Å². The van der Waals surface area contributed by atoms with Gasteiger partial charge in [0.05, 0.1) is 6.61 Å². The maximum Gasteiger partial charge on any atom is 0.251 e. The monoisotopic (exact) mass is 344 g/mol. The fourth-order valence-corrected chi connectivity index (χ4v) is 2.97. The summed E-state index contributed by atoms with van der Waals surface area (Å²) in [7, 11) is 0. The number of halogens is 2. The van der Waals surface area contributed by atoms with Gasteiger partial charge in [0.1, 0.15) is 34.7 Å². The number of pyridine rings is 2. The topological polar surface area (TPSA) is 98.6 Å². The molecule has 2 aromatic rings. The molecule has 0 radical (unpaired) electrons. The summed E-state index contributed by atoms with van der Waals surface area (Å²) in [5.41, 5.74) is 0.402. The molecule has 4 atom stereocenters. The molecule has 4 N–H and O–H groups in total. The Morgan fingerprint density at radius 3 is 2.65 bits per heavy atom. The Bertz CT molecular complexity index is 829. The van der Waals surface area contributed by atoms with E-state index in [0.29, 0.717) is 5.56 Å². The number of aliphatic hydroxyl groups excluding tert-OH is 3. The Hall–Kier alpha value is -1.52. The highest BCUT2D eigenvalue weighted by atomic mass is 32.1. The fourth-order valence-electron chi connectivity index (χ4n) is 2.70. The Labute approximate surface area is 134 Å². The van der Waals surface area contributed by atoms with Gasteiger partial charge in [-0.15, -0.1) is 0 Å². The molecule has 1 fully saturated rings. The molecule has 0 spiro atoms. The van der Waals surface area contributed by atoms with Crippen LogP contribution in [0.25, 0.3) is 11.0 Å². The lowest BCUT2D eigenvalue weighted by atomic mass is 10.0. The minimum atomic E-state index is -1.31. The average molecular weight is 344 g/mol. The van der Waals surface area contributed by atoms with E-state index < -0.39 is 42.8 Å². The maximum atomic E-state index is 13.7. The predicted octanol–water partition coefficient (Wildman–Crippen LogP) is 1.03. The van der Waals surface area contributed by atoms with Crippen molar-refractivity contribution in [2.45, 2.75) is 31.3 Å². The number of rotatable bonds is 2. The standard InChI is InChI=1S/C14H14F2N2O4S/c1-4-5-2-6(11-10(21)9(20)7(3-19)22-11)14(23)18-13(5)17-12(16)8(4)15/h2,7,9-11,19-21H,3H2,1H3,(H,17,18,23). The molecule has 0 aliphatic carbocycles. The molecule has 0 saturated carbocycles. The van der Waals surface area contributed by atoms with Crippen molar-refractivity contribution in [3.8, 4) is 0 Å². The number of hydrogen-bond acceptors (Lipinski definition) is 6. The smallest absolute Gasteiger partial charge is 0.251 e. The van der Waals surface area contributed by atoms with Crippen LogP contribution in [0.15, 0.2) is 6.07 Å². The van der Waals surface area contributed by atoms with Crippen LogP contribution in [0.3, 0.4) is 0 Å². The molecule has 1 aliphatic heterocycles. The first-order valence-corrected chi connectivity index (χ1v) is 7.27. The molecule has 1 aliphatic rings. The second-order valence-electron chi connectivity index (χ2n) is 5.42. The van der Waals surface area contributed by atoms with Crippen LogP contribution < -0.4 is 0 Å². The SMILES string of the molecule is Cc1c(F)c(F)nc2[nH]c(=S)c(C3OC(CO)C(O)C3O)cc12. The van der Waals surface area contributed by atoms with Crippen LogP contribution in [0.5, 0.6) is 0 Å². The molecule has 2 aromatic heterocycles. The Balaban J connectivity index is 2.16. The predicted molar refractivity (Wildman–Crippen MR) is 78.3 cm³/mol. The summed E-state index contributed by atoms with van der Waals surface area (Å²) in [5.74, 6) is -2.31. The Kier molecular flexibility index (Phi) is 4.15. The molecule has 9 heteroatoms. The lowest BCUT2D eigenvalue weighted by Crippen LogP contribution is -2.32. The van der Waals surface area contributed by atoms with Gasteiger partial charge in [-0.1, -0.05) is 12.2 Å². The molecule has 0 bridgehead atoms. The van der Waals surface area contributed by atoms with Crippen LogP contribution in [0.2, 0.25) is 0 Å². The van der Waals surface area contributed by atoms with Crippen LogP contribution in [0.4, 0.5) is 8.78 Å². The highest BCUT2D eigenvalue weighted by Gasteiger charge is 2.43. The molecule has 6 nitrogen and oxygen atoms in total. The zero-order valence-electron chi connectivity index (χ0n) is 12.0. The van der Waals surface area contributed by atoms with Gasteiger partial charge in [0.2, 0.25) is 0 Å². The number of aromatic nitrogens is 2. The molecule has 3 heterocycles. The highest BCUT2D eigenvalue weighted by molar-refractivity contribution is 7.71. The third-order valence-corrected chi connectivity index (χ3v) is 4.36. The normalized spacial score (nSPS) is 27.7. The third kappa shape index (κ3) is 2.54. The van der Waals surface area contributed by atoms with Gasteiger partial charge in [-0.3, -0.25) is 0 Å². The van der Waals surface area contributed by atoms with Crippen molar-refractivity contribution >= 4 is 23.3 Å². The Morgan fingerprint density at radius 2 is 2.04 bits per heavy atom. The zero-order valence-corrected chi connectivity index (χ0v) is 12.8. The van der Waals surface area contributed by atoms with E-state index >= 15 is 0 Å². The van der Waals surface area contributed by atoms with Gasteiger partial charge in [0, 0.05) is 16.5 Å². The quantitative estimate of drug-likeness (QED) is 0.480. The lowest BCUT2D eigenvalue weighted by Gasteiger charge is -2.16. The molecule has 23 heavy (non-hydrogen) atoms. The second kappa shape index (κ2) is 5.84. The first-order chi connectivity index (χ1) is 10.8. The molecular formula is C14H14F2N2O4S. The molecule has 124 valence electrons. The van der Waals surface area contributed by atoms with E-state index in [1.165, 1.54) is 13.0 Å². The number of nitrogens with one attached hydrogen (secondary N) is 1. The van der Waals surface area contributed by atoms with Crippen LogP contribution >= 0.6 is 12.2 Å². The minimum Gasteiger partial charge on any atom is -0.394 e. The van der Waals surface area contributed by atoms with Crippen LogP contribution in [0, 0.1) is 23.3 Å². The van der Waals surface area contributed by atoms with Crippen LogP contribution in [-0.2, 0) is 4.74 Å². The number of nitrogens with zero attached hydrogens (tertiary/aromatic N) is 1. The molecule has 0 amide bonds. The summed E-state index contributed by atoms with van der Waals surface area (Å²) in [5, 5.41) is 29.3. The van der Waals surface area contributed by atoms with Crippen LogP contribution in [-0.4, -0.2) is 50.2 Å². The molecule has 4 unspecified atom stereocenters. The third-order valence-electron chi connectivity index (χ3n) is 4.02. The summed E-state index contributed by atoms with van der Waals surface area (Å²) >= 11 is 5.15. The molecule has 1 saturated heterocycles. The first-order valence-electron chi connectivity index (χ1n) is 6.86. The van der Waals surface area contributed by atoms with Gasteiger partial charge in [-0.25, -0.2) is 4.39 Å². The van der Waals surface area contributed by atoms with E-state index in [4.69, 9.17) is 22.1 Å². The van der Waals surface area contributed by atoms with Gasteiger partial charge >= 0.3 is 0 Å². The van der Waals surface area contributed by atoms with Gasteiger partial charge in [-0.2, -0.15) is 9.37 Å². The average Bonchev–Trinajstić information content (AvgIpc) is 2.80. The van der Waals surface area contributed by atoms with E-state index in [0.717, 1.165) is 0 Å². The van der Waals surface area contributed by atoms with Crippen molar-refractivity contribution in [1.82, 2.24) is 9.97 Å². The van der Waals surface area contributed by atoms with Crippen molar-refractivity contribution in [1.29, 1.82) is 0 Å². The molecule has 3 rings (SSSR count). The van der Waals surface area contributed by atoms with Crippen LogP contribution in [0.1, 0.15) is 17.2 Å². The van der Waals surface area contributed by atoms with Gasteiger partial charge in [-0.05, 0) is 13.0 Å². The van der Waals surface area contributed by atoms with E-state index in [2.05, 4.69) is 9.97 Å². The number of hydrogen-bond donors (Lipinski definition) is 4. The lowest BCUT2D eigenvalue weighted by molar-refractivity contribution is -0.0229. The van der Waals surface area contributed by atoms with Crippen molar-refractivity contribution in [3.63, 3.8) is 0 Å².